The maximum absolute atomic E-state index is 15.1. The largest absolute Gasteiger partial charge is 0.507 e. The number of benzene rings is 1. The molecule has 1 fully saturated rings. The van der Waals surface area contributed by atoms with Gasteiger partial charge in [0.05, 0.1) is 24.4 Å². The average molecular weight is 432 g/mol. The first-order valence-electron chi connectivity index (χ1n) is 10.2. The Morgan fingerprint density at radius 2 is 2.12 bits per heavy atom. The van der Waals surface area contributed by atoms with Crippen molar-refractivity contribution in [1.82, 2.24) is 29.9 Å². The minimum Gasteiger partial charge on any atom is -0.507 e. The van der Waals surface area contributed by atoms with Crippen LogP contribution >= 0.6 is 0 Å². The molecule has 0 spiro atoms. The molecule has 32 heavy (non-hydrogen) atoms. The van der Waals surface area contributed by atoms with Crippen LogP contribution in [-0.4, -0.2) is 60.1 Å². The summed E-state index contributed by atoms with van der Waals surface area (Å²) in [5.74, 6) is -0.759. The molecule has 0 radical (unpaired) electrons. The quantitative estimate of drug-likeness (QED) is 0.483. The molecule has 4 heterocycles. The van der Waals surface area contributed by atoms with Gasteiger partial charge < -0.3 is 15.0 Å². The van der Waals surface area contributed by atoms with E-state index < -0.39 is 12.1 Å². The topological polar surface area (TPSA) is 99.9 Å². The van der Waals surface area contributed by atoms with Gasteiger partial charge in [0.2, 0.25) is 5.91 Å². The highest BCUT2D eigenvalue weighted by molar-refractivity contribution is 5.97. The Morgan fingerprint density at radius 3 is 2.84 bits per heavy atom. The first-order valence-corrected chi connectivity index (χ1v) is 10.2. The molecule has 1 aliphatic rings. The van der Waals surface area contributed by atoms with Gasteiger partial charge in [-0.1, -0.05) is 18.7 Å². The molecular weight excluding hydrogens is 411 g/mol. The number of alkyl halides is 1. The zero-order chi connectivity index (χ0) is 22.4. The van der Waals surface area contributed by atoms with Gasteiger partial charge in [-0.2, -0.15) is 5.10 Å². The van der Waals surface area contributed by atoms with E-state index in [1.165, 1.54) is 11.0 Å². The Balaban J connectivity index is 1.69. The molecule has 1 amide bonds. The lowest BCUT2D eigenvalue weighted by Gasteiger charge is -2.14. The van der Waals surface area contributed by atoms with Crippen molar-refractivity contribution in [2.45, 2.75) is 12.1 Å². The Labute approximate surface area is 183 Å². The molecule has 2 N–H and O–H groups in total. The molecule has 0 unspecified atom stereocenters. The molecule has 1 saturated heterocycles. The molecule has 5 rings (SSSR count). The van der Waals surface area contributed by atoms with Gasteiger partial charge >= 0.3 is 0 Å². The van der Waals surface area contributed by atoms with Crippen molar-refractivity contribution in [3.8, 4) is 28.1 Å². The summed E-state index contributed by atoms with van der Waals surface area (Å²) in [7, 11) is 1.81. The van der Waals surface area contributed by atoms with Crippen LogP contribution in [0.25, 0.3) is 33.4 Å². The summed E-state index contributed by atoms with van der Waals surface area (Å²) in [5, 5.41) is 23.8. The van der Waals surface area contributed by atoms with E-state index in [2.05, 4.69) is 26.9 Å². The van der Waals surface area contributed by atoms with E-state index in [0.29, 0.717) is 22.6 Å². The lowest BCUT2D eigenvalue weighted by atomic mass is 9.95. The number of phenols is 1. The number of H-pyrrole nitrogens is 1. The highest BCUT2D eigenvalue weighted by Gasteiger charge is 2.38. The zero-order valence-corrected chi connectivity index (χ0v) is 17.4. The maximum atomic E-state index is 15.1. The van der Waals surface area contributed by atoms with Crippen LogP contribution in [0.5, 0.6) is 5.75 Å². The zero-order valence-electron chi connectivity index (χ0n) is 17.4. The summed E-state index contributed by atoms with van der Waals surface area (Å²) in [6.45, 7) is 3.74. The van der Waals surface area contributed by atoms with Crippen molar-refractivity contribution in [2.75, 3.05) is 13.1 Å². The molecule has 0 saturated carbocycles. The van der Waals surface area contributed by atoms with Crippen LogP contribution in [0.2, 0.25) is 0 Å². The van der Waals surface area contributed by atoms with E-state index in [0.717, 1.165) is 16.5 Å². The Kier molecular flexibility index (Phi) is 4.73. The number of aromatic amines is 1. The predicted molar refractivity (Wildman–Crippen MR) is 118 cm³/mol. The van der Waals surface area contributed by atoms with Crippen LogP contribution in [-0.2, 0) is 11.8 Å². The van der Waals surface area contributed by atoms with Crippen LogP contribution in [0, 0.1) is 0 Å². The summed E-state index contributed by atoms with van der Waals surface area (Å²) >= 11 is 0. The molecule has 162 valence electrons. The number of aryl methyl sites for hydroxylation is 1. The second kappa shape index (κ2) is 7.60. The summed E-state index contributed by atoms with van der Waals surface area (Å²) in [4.78, 5) is 16.8. The number of hydrogen-bond donors (Lipinski definition) is 2. The first kappa shape index (κ1) is 19.9. The highest BCUT2D eigenvalue weighted by Crippen LogP contribution is 2.41. The van der Waals surface area contributed by atoms with E-state index in [4.69, 9.17) is 0 Å². The number of phenolic OH excluding ortho intramolecular Hbond substituents is 1. The molecule has 3 aromatic heterocycles. The fourth-order valence-electron chi connectivity index (χ4n) is 4.32. The molecule has 9 heteroatoms. The van der Waals surface area contributed by atoms with Crippen molar-refractivity contribution >= 4 is 16.9 Å². The Morgan fingerprint density at radius 1 is 1.31 bits per heavy atom. The average Bonchev–Trinajstić information content (AvgIpc) is 3.49. The highest BCUT2D eigenvalue weighted by atomic mass is 19.1. The normalized spacial score (nSPS) is 18.4. The van der Waals surface area contributed by atoms with Crippen molar-refractivity contribution in [1.29, 1.82) is 0 Å². The molecule has 0 aliphatic carbocycles. The monoisotopic (exact) mass is 432 g/mol. The summed E-state index contributed by atoms with van der Waals surface area (Å²) in [5.41, 5.74) is 3.75. The van der Waals surface area contributed by atoms with Gasteiger partial charge in [0.25, 0.3) is 0 Å². The van der Waals surface area contributed by atoms with Gasteiger partial charge in [0, 0.05) is 47.6 Å². The molecule has 0 bridgehead atoms. The number of nitrogens with one attached hydrogen (secondary N) is 1. The van der Waals surface area contributed by atoms with Gasteiger partial charge in [0.1, 0.15) is 11.9 Å². The van der Waals surface area contributed by atoms with Gasteiger partial charge in [-0.3, -0.25) is 9.48 Å². The fraction of sp³-hybridized carbons (Fsp3) is 0.217. The van der Waals surface area contributed by atoms with Gasteiger partial charge in [-0.05, 0) is 24.3 Å². The third-order valence-electron chi connectivity index (χ3n) is 5.86. The Hall–Kier alpha value is -4.01. The summed E-state index contributed by atoms with van der Waals surface area (Å²) in [6, 6.07) is 8.72. The minimum absolute atomic E-state index is 0.00613. The van der Waals surface area contributed by atoms with Gasteiger partial charge in [-0.15, -0.1) is 10.2 Å². The van der Waals surface area contributed by atoms with E-state index in [-0.39, 0.29) is 24.7 Å². The van der Waals surface area contributed by atoms with Gasteiger partial charge in [0.15, 0.2) is 5.65 Å². The number of carbonyl (C=O) groups excluding carboxylic acids is 1. The number of para-hydroxylation sites is 1. The number of amides is 1. The molecule has 1 aromatic carbocycles. The molecular formula is C23H21FN6O2. The number of carbonyl (C=O) groups is 1. The van der Waals surface area contributed by atoms with Crippen LogP contribution in [0.4, 0.5) is 4.39 Å². The lowest BCUT2D eigenvalue weighted by Crippen LogP contribution is -2.27. The lowest BCUT2D eigenvalue weighted by molar-refractivity contribution is -0.125. The molecule has 8 nitrogen and oxygen atoms in total. The maximum Gasteiger partial charge on any atom is 0.246 e. The third kappa shape index (κ3) is 3.22. The number of fused-ring (bicyclic) bond motifs is 1. The van der Waals surface area contributed by atoms with Crippen LogP contribution in [0.1, 0.15) is 11.6 Å². The van der Waals surface area contributed by atoms with Crippen molar-refractivity contribution < 1.29 is 14.3 Å². The van der Waals surface area contributed by atoms with E-state index >= 15 is 4.39 Å². The van der Waals surface area contributed by atoms with Crippen LogP contribution in [0.15, 0.2) is 55.4 Å². The number of nitrogens with zero attached hydrogens (tertiary/aromatic N) is 5. The fourth-order valence-corrected chi connectivity index (χ4v) is 4.32. The van der Waals surface area contributed by atoms with Crippen molar-refractivity contribution in [3.05, 3.63) is 61.1 Å². The predicted octanol–water partition coefficient (Wildman–Crippen LogP) is 3.18. The number of halogens is 1. The third-order valence-corrected chi connectivity index (χ3v) is 5.86. The van der Waals surface area contributed by atoms with Crippen molar-refractivity contribution in [3.63, 3.8) is 0 Å². The van der Waals surface area contributed by atoms with Gasteiger partial charge in [-0.25, -0.2) is 4.39 Å². The van der Waals surface area contributed by atoms with E-state index in [1.54, 1.807) is 29.1 Å². The minimum atomic E-state index is -1.24. The second-order valence-electron chi connectivity index (χ2n) is 7.90. The van der Waals surface area contributed by atoms with E-state index in [9.17, 15) is 9.90 Å². The SMILES string of the molecule is C=CC(=O)N1C[C@H](c2[nH]c3nnc(-c4ccccc4O)cc3c2-c2cnn(C)c2)[C@@H](F)C1. The number of rotatable bonds is 4. The Bertz CT molecular complexity index is 1340. The smallest absolute Gasteiger partial charge is 0.246 e. The van der Waals surface area contributed by atoms with Crippen LogP contribution in [0.3, 0.4) is 0 Å². The summed E-state index contributed by atoms with van der Waals surface area (Å²) < 4.78 is 16.8. The molecule has 4 aromatic rings. The second-order valence-corrected chi connectivity index (χ2v) is 7.90. The molecule has 2 atom stereocenters. The van der Waals surface area contributed by atoms with Crippen molar-refractivity contribution in [2.24, 2.45) is 7.05 Å². The number of likely N-dealkylation sites (tertiary alicyclic amines) is 1. The summed E-state index contributed by atoms with van der Waals surface area (Å²) in [6.07, 6.45) is 3.52. The van der Waals surface area contributed by atoms with Crippen LogP contribution < -0.4 is 0 Å². The van der Waals surface area contributed by atoms with E-state index in [1.807, 2.05) is 25.4 Å². The number of hydrogen-bond acceptors (Lipinski definition) is 5. The first-order chi connectivity index (χ1) is 15.5. The standard InChI is InChI=1S/C23H21FN6O2/c1-3-20(32)30-11-16(17(24)12-30)22-21(13-9-25-29(2)10-13)15-8-18(27-28-23(15)26-22)14-6-4-5-7-19(14)31/h3-10,16-17,31H,1,11-12H2,2H3,(H,26,28)/t16-,17-/m0/s1. The number of aromatic hydroxyl groups is 1. The molecule has 1 aliphatic heterocycles. The number of aromatic nitrogens is 5.